The first-order chi connectivity index (χ1) is 12.4. The third-order valence-corrected chi connectivity index (χ3v) is 5.84. The maximum Gasteiger partial charge on any atom is 0.314 e. The zero-order chi connectivity index (χ0) is 18.9. The number of nitrogens with zero attached hydrogens (tertiary/aromatic N) is 2. The average Bonchev–Trinajstić information content (AvgIpc) is 2.62. The number of carbonyl (C=O) groups excluding carboxylic acids is 3. The van der Waals surface area contributed by atoms with Gasteiger partial charge in [0.2, 0.25) is 0 Å². The van der Waals surface area contributed by atoms with Gasteiger partial charge < -0.3 is 23.8 Å². The number of cyclic esters (lactones) is 1. The molecule has 0 aromatic heterocycles. The van der Waals surface area contributed by atoms with Crippen LogP contribution in [0.5, 0.6) is 0 Å². The summed E-state index contributed by atoms with van der Waals surface area (Å²) in [5.74, 6) is -2.49. The molecule has 0 saturated carbocycles. The van der Waals surface area contributed by atoms with E-state index in [1.807, 2.05) is 0 Å². The van der Waals surface area contributed by atoms with E-state index in [-0.39, 0.29) is 6.61 Å². The lowest BCUT2D eigenvalue weighted by Crippen LogP contribution is -2.78. The molecule has 9 nitrogen and oxygen atoms in total. The van der Waals surface area contributed by atoms with E-state index in [2.05, 4.69) is 4.90 Å². The molecule has 4 aliphatic heterocycles. The monoisotopic (exact) mass is 370 g/mol. The predicted octanol–water partition coefficient (Wildman–Crippen LogP) is -2.10. The molecule has 4 atom stereocenters. The molecule has 4 rings (SSSR count). The summed E-state index contributed by atoms with van der Waals surface area (Å²) in [6.45, 7) is 6.80. The molecule has 4 saturated heterocycles. The SMILES string of the molecule is CC(=O)OC[C@H]1OC(=O)C(C[O-])[C@H]([N+]23CCN(CC2)CC3)[C@@H]1OC(C)=O. The topological polar surface area (TPSA) is 105 Å². The quantitative estimate of drug-likeness (QED) is 0.308. The smallest absolute Gasteiger partial charge is 0.314 e. The van der Waals surface area contributed by atoms with Gasteiger partial charge in [0.05, 0.1) is 25.6 Å². The van der Waals surface area contributed by atoms with Crippen LogP contribution in [0.4, 0.5) is 0 Å². The molecule has 4 aliphatic rings. The Morgan fingerprint density at radius 3 is 2.31 bits per heavy atom. The molecule has 1 unspecified atom stereocenters. The van der Waals surface area contributed by atoms with Gasteiger partial charge in [0.25, 0.3) is 0 Å². The number of rotatable bonds is 5. The average molecular weight is 370 g/mol. The molecular weight excluding hydrogens is 344 g/mol. The molecule has 0 aliphatic carbocycles. The number of piperazine rings is 3. The highest BCUT2D eigenvalue weighted by atomic mass is 16.6. The van der Waals surface area contributed by atoms with Gasteiger partial charge in [0.15, 0.2) is 12.2 Å². The predicted molar refractivity (Wildman–Crippen MR) is 85.5 cm³/mol. The molecule has 26 heavy (non-hydrogen) atoms. The van der Waals surface area contributed by atoms with E-state index >= 15 is 0 Å². The van der Waals surface area contributed by atoms with Crippen molar-refractivity contribution in [1.82, 2.24) is 4.90 Å². The maximum absolute atomic E-state index is 12.5. The molecule has 9 heteroatoms. The Hall–Kier alpha value is -1.71. The highest BCUT2D eigenvalue weighted by molar-refractivity contribution is 5.75. The van der Waals surface area contributed by atoms with Gasteiger partial charge in [-0.2, -0.15) is 0 Å². The zero-order valence-corrected chi connectivity index (χ0v) is 15.2. The first-order valence-electron chi connectivity index (χ1n) is 9.03. The van der Waals surface area contributed by atoms with E-state index in [1.54, 1.807) is 0 Å². The molecule has 0 aromatic rings. The number of ether oxygens (including phenoxy) is 3. The van der Waals surface area contributed by atoms with Crippen LogP contribution in [0.25, 0.3) is 0 Å². The van der Waals surface area contributed by atoms with Gasteiger partial charge in [0, 0.05) is 33.5 Å². The number of quaternary nitrogens is 1. The number of carbonyl (C=O) groups is 3. The van der Waals surface area contributed by atoms with E-state index in [0.29, 0.717) is 4.48 Å². The fourth-order valence-electron chi connectivity index (χ4n) is 4.56. The maximum atomic E-state index is 12.5. The Labute approximate surface area is 152 Å². The van der Waals surface area contributed by atoms with Gasteiger partial charge in [-0.05, 0) is 0 Å². The summed E-state index contributed by atoms with van der Waals surface area (Å²) < 4.78 is 16.5. The van der Waals surface area contributed by atoms with Crippen molar-refractivity contribution in [2.24, 2.45) is 5.92 Å². The van der Waals surface area contributed by atoms with E-state index in [0.717, 1.165) is 39.3 Å². The minimum atomic E-state index is -0.893. The Kier molecular flexibility index (Phi) is 5.50. The minimum absolute atomic E-state index is 0.187. The van der Waals surface area contributed by atoms with Crippen molar-refractivity contribution in [2.75, 3.05) is 52.5 Å². The lowest BCUT2D eigenvalue weighted by molar-refractivity contribution is -0.970. The van der Waals surface area contributed by atoms with Crippen LogP contribution in [-0.4, -0.2) is 98.0 Å². The standard InChI is InChI=1S/C17H26N2O7/c1-11(21)24-10-14-16(25-12(2)22)15(13(9-20)17(23)26-14)19-6-3-18(4-7-19)5-8-19/h13-16H,3-10H2,1-2H3/t13?,14-,15+,16-/m1/s1. The number of fused-ring (bicyclic) bond motifs is 3. The normalized spacial score (nSPS) is 39.2. The van der Waals surface area contributed by atoms with Gasteiger partial charge in [-0.1, -0.05) is 0 Å². The van der Waals surface area contributed by atoms with E-state index in [9.17, 15) is 19.5 Å². The van der Waals surface area contributed by atoms with E-state index < -0.39 is 48.7 Å². The molecular formula is C17H26N2O7. The lowest BCUT2D eigenvalue weighted by atomic mass is 9.84. The van der Waals surface area contributed by atoms with Gasteiger partial charge in [-0.15, -0.1) is 6.61 Å². The van der Waals surface area contributed by atoms with Crippen molar-refractivity contribution in [1.29, 1.82) is 0 Å². The first kappa shape index (κ1) is 19.1. The molecule has 0 amide bonds. The molecule has 2 bridgehead atoms. The van der Waals surface area contributed by atoms with Crippen LogP contribution in [-0.2, 0) is 28.6 Å². The van der Waals surface area contributed by atoms with Crippen LogP contribution in [0.1, 0.15) is 13.8 Å². The molecule has 0 N–H and O–H groups in total. The summed E-state index contributed by atoms with van der Waals surface area (Å²) >= 11 is 0. The molecule has 0 spiro atoms. The lowest BCUT2D eigenvalue weighted by Gasteiger charge is -2.58. The fourth-order valence-corrected chi connectivity index (χ4v) is 4.56. The molecule has 0 aromatic carbocycles. The third kappa shape index (κ3) is 3.56. The summed E-state index contributed by atoms with van der Waals surface area (Å²) in [6, 6.07) is -0.472. The number of hydrogen-bond acceptors (Lipinski definition) is 8. The van der Waals surface area contributed by atoms with Crippen LogP contribution in [0.3, 0.4) is 0 Å². The van der Waals surface area contributed by atoms with Gasteiger partial charge >= 0.3 is 17.9 Å². The highest BCUT2D eigenvalue weighted by Crippen LogP contribution is 2.36. The van der Waals surface area contributed by atoms with Crippen molar-refractivity contribution >= 4 is 17.9 Å². The Morgan fingerprint density at radius 1 is 1.19 bits per heavy atom. The molecule has 0 radical (unpaired) electrons. The first-order valence-corrected chi connectivity index (χ1v) is 9.03. The second kappa shape index (κ2) is 7.50. The summed E-state index contributed by atoms with van der Waals surface area (Å²) in [4.78, 5) is 37.8. The molecule has 4 fully saturated rings. The number of esters is 3. The van der Waals surface area contributed by atoms with Crippen LogP contribution in [0.2, 0.25) is 0 Å². The van der Waals surface area contributed by atoms with Crippen LogP contribution in [0.15, 0.2) is 0 Å². The van der Waals surface area contributed by atoms with Crippen LogP contribution >= 0.6 is 0 Å². The van der Waals surface area contributed by atoms with Crippen molar-refractivity contribution in [2.45, 2.75) is 32.1 Å². The Morgan fingerprint density at radius 2 is 1.81 bits per heavy atom. The summed E-state index contributed by atoms with van der Waals surface area (Å²) in [7, 11) is 0. The van der Waals surface area contributed by atoms with Gasteiger partial charge in [-0.25, -0.2) is 0 Å². The Balaban J connectivity index is 1.94. The second-order valence-corrected chi connectivity index (χ2v) is 7.35. The molecule has 146 valence electrons. The summed E-state index contributed by atoms with van der Waals surface area (Å²) in [5, 5.41) is 11.9. The second-order valence-electron chi connectivity index (χ2n) is 7.35. The zero-order valence-electron chi connectivity index (χ0n) is 15.2. The van der Waals surface area contributed by atoms with Gasteiger partial charge in [0.1, 0.15) is 12.6 Å². The number of hydrogen-bond donors (Lipinski definition) is 0. The van der Waals surface area contributed by atoms with Crippen molar-refractivity contribution in [3.05, 3.63) is 0 Å². The fraction of sp³-hybridized carbons (Fsp3) is 0.824. The summed E-state index contributed by atoms with van der Waals surface area (Å²) in [5.41, 5.74) is 0. The van der Waals surface area contributed by atoms with Crippen LogP contribution in [0, 0.1) is 5.92 Å². The van der Waals surface area contributed by atoms with E-state index in [4.69, 9.17) is 14.2 Å². The Bertz CT molecular complexity index is 560. The van der Waals surface area contributed by atoms with Crippen molar-refractivity contribution < 1.29 is 38.2 Å². The van der Waals surface area contributed by atoms with Crippen molar-refractivity contribution in [3.8, 4) is 0 Å². The largest absolute Gasteiger partial charge is 0.854 e. The highest BCUT2D eigenvalue weighted by Gasteiger charge is 2.58. The van der Waals surface area contributed by atoms with E-state index in [1.165, 1.54) is 13.8 Å². The van der Waals surface area contributed by atoms with Crippen molar-refractivity contribution in [3.63, 3.8) is 0 Å². The van der Waals surface area contributed by atoms with Gasteiger partial charge in [-0.3, -0.25) is 19.3 Å². The minimum Gasteiger partial charge on any atom is -0.854 e. The third-order valence-electron chi connectivity index (χ3n) is 5.84. The van der Waals surface area contributed by atoms with Crippen LogP contribution < -0.4 is 5.11 Å². The summed E-state index contributed by atoms with van der Waals surface area (Å²) in [6.07, 6.45) is -1.69. The molecule has 4 heterocycles.